The first-order valence-corrected chi connectivity index (χ1v) is 14.9. The van der Waals surface area contributed by atoms with Gasteiger partial charge in [-0.1, -0.05) is 18.2 Å². The molecular formula is C34H41F2N3O5. The van der Waals surface area contributed by atoms with Gasteiger partial charge >= 0.3 is 12.1 Å². The predicted octanol–water partition coefficient (Wildman–Crippen LogP) is 6.61. The minimum atomic E-state index is -0.651. The number of halogens is 2. The fourth-order valence-corrected chi connectivity index (χ4v) is 5.64. The van der Waals surface area contributed by atoms with Crippen molar-refractivity contribution in [2.45, 2.75) is 70.6 Å². The topological polar surface area (TPSA) is 98.8 Å². The SMILES string of the molecule is COC(=O)c1ccc(CC(NC(=O)OC(C)(C)C)[C@H]2CC[C@H](NC/C=C/c3cc(F)ccc3F)CC2)c2nc(OC)ccc12. The number of alkyl carbamates (subject to hydrolysis) is 1. The molecule has 0 saturated heterocycles. The van der Waals surface area contributed by atoms with E-state index in [0.717, 1.165) is 43.4 Å². The van der Waals surface area contributed by atoms with Crippen LogP contribution in [0.5, 0.6) is 5.88 Å². The van der Waals surface area contributed by atoms with Crippen LogP contribution in [0.2, 0.25) is 0 Å². The highest BCUT2D eigenvalue weighted by atomic mass is 19.1. The van der Waals surface area contributed by atoms with E-state index < -0.39 is 29.3 Å². The number of benzene rings is 2. The molecule has 1 aliphatic carbocycles. The molecule has 4 rings (SSSR count). The number of nitrogens with one attached hydrogen (secondary N) is 2. The molecule has 3 aromatic rings. The van der Waals surface area contributed by atoms with E-state index in [1.165, 1.54) is 20.3 Å². The molecule has 0 bridgehead atoms. The first-order valence-electron chi connectivity index (χ1n) is 14.9. The summed E-state index contributed by atoms with van der Waals surface area (Å²) in [7, 11) is 2.87. The normalized spacial score (nSPS) is 17.8. The van der Waals surface area contributed by atoms with Crippen LogP contribution in [0.3, 0.4) is 0 Å². The summed E-state index contributed by atoms with van der Waals surface area (Å²) >= 11 is 0. The number of amides is 1. The molecule has 1 atom stereocenters. The van der Waals surface area contributed by atoms with Gasteiger partial charge < -0.3 is 24.8 Å². The van der Waals surface area contributed by atoms with E-state index >= 15 is 0 Å². The second kappa shape index (κ2) is 14.6. The molecule has 2 N–H and O–H groups in total. The van der Waals surface area contributed by atoms with Crippen LogP contribution in [0.25, 0.3) is 17.0 Å². The summed E-state index contributed by atoms with van der Waals surface area (Å²) in [4.78, 5) is 30.1. The van der Waals surface area contributed by atoms with E-state index in [4.69, 9.17) is 14.2 Å². The minimum absolute atomic E-state index is 0.165. The van der Waals surface area contributed by atoms with E-state index in [-0.39, 0.29) is 23.6 Å². The monoisotopic (exact) mass is 609 g/mol. The van der Waals surface area contributed by atoms with E-state index in [1.54, 1.807) is 30.4 Å². The Balaban J connectivity index is 1.49. The van der Waals surface area contributed by atoms with Crippen LogP contribution in [-0.4, -0.2) is 55.5 Å². The lowest BCUT2D eigenvalue weighted by molar-refractivity contribution is 0.0474. The van der Waals surface area contributed by atoms with E-state index in [9.17, 15) is 18.4 Å². The molecule has 1 fully saturated rings. The van der Waals surface area contributed by atoms with Gasteiger partial charge in [-0.25, -0.2) is 23.4 Å². The van der Waals surface area contributed by atoms with Crippen molar-refractivity contribution in [2.75, 3.05) is 20.8 Å². The number of rotatable bonds is 10. The molecule has 0 aliphatic heterocycles. The molecule has 8 nitrogen and oxygen atoms in total. The lowest BCUT2D eigenvalue weighted by Gasteiger charge is -2.35. The molecule has 236 valence electrons. The summed E-state index contributed by atoms with van der Waals surface area (Å²) in [6.45, 7) is 6.00. The molecule has 1 unspecified atom stereocenters. The van der Waals surface area contributed by atoms with Crippen molar-refractivity contribution < 1.29 is 32.6 Å². The highest BCUT2D eigenvalue weighted by molar-refractivity contribution is 6.04. The Hall–Kier alpha value is -4.05. The Labute approximate surface area is 257 Å². The molecule has 1 aliphatic rings. The second-order valence-electron chi connectivity index (χ2n) is 12.1. The summed E-state index contributed by atoms with van der Waals surface area (Å²) in [6.07, 6.45) is 6.84. The third-order valence-corrected chi connectivity index (χ3v) is 7.79. The van der Waals surface area contributed by atoms with Crippen LogP contribution in [0.1, 0.15) is 67.9 Å². The molecular weight excluding hydrogens is 568 g/mol. The van der Waals surface area contributed by atoms with E-state index in [0.29, 0.717) is 35.3 Å². The van der Waals surface area contributed by atoms with Crippen molar-refractivity contribution in [1.82, 2.24) is 15.6 Å². The summed E-state index contributed by atoms with van der Waals surface area (Å²) in [5.74, 6) is -0.822. The summed E-state index contributed by atoms with van der Waals surface area (Å²) in [5, 5.41) is 7.25. The molecule has 1 heterocycles. The first kappa shape index (κ1) is 32.9. The van der Waals surface area contributed by atoms with Crippen molar-refractivity contribution in [2.24, 2.45) is 5.92 Å². The van der Waals surface area contributed by atoms with E-state index in [1.807, 2.05) is 26.8 Å². The second-order valence-corrected chi connectivity index (χ2v) is 12.1. The maximum atomic E-state index is 13.9. The van der Waals surface area contributed by atoms with Crippen LogP contribution in [-0.2, 0) is 15.9 Å². The molecule has 1 saturated carbocycles. The fourth-order valence-electron chi connectivity index (χ4n) is 5.64. The Kier molecular flexibility index (Phi) is 10.9. The van der Waals surface area contributed by atoms with Gasteiger partial charge in [-0.05, 0) is 94.7 Å². The molecule has 0 radical (unpaired) electrons. The lowest BCUT2D eigenvalue weighted by atomic mass is 9.79. The molecule has 1 amide bonds. The zero-order valence-corrected chi connectivity index (χ0v) is 25.9. The number of pyridine rings is 1. The Bertz CT molecular complexity index is 1500. The van der Waals surface area contributed by atoms with E-state index in [2.05, 4.69) is 15.6 Å². The average Bonchev–Trinajstić information content (AvgIpc) is 2.99. The van der Waals surface area contributed by atoms with Gasteiger partial charge in [-0.3, -0.25) is 0 Å². The number of aromatic nitrogens is 1. The number of carbonyl (C=O) groups is 2. The fraction of sp³-hybridized carbons (Fsp3) is 0.441. The number of nitrogens with zero attached hydrogens (tertiary/aromatic N) is 1. The summed E-state index contributed by atoms with van der Waals surface area (Å²) in [6, 6.07) is 10.5. The average molecular weight is 610 g/mol. The highest BCUT2D eigenvalue weighted by Gasteiger charge is 2.31. The maximum Gasteiger partial charge on any atom is 0.407 e. The largest absolute Gasteiger partial charge is 0.481 e. The van der Waals surface area contributed by atoms with Gasteiger partial charge in [0.25, 0.3) is 0 Å². The quantitative estimate of drug-likeness (QED) is 0.250. The highest BCUT2D eigenvalue weighted by Crippen LogP contribution is 2.32. The van der Waals surface area contributed by atoms with Crippen LogP contribution >= 0.6 is 0 Å². The number of hydrogen-bond acceptors (Lipinski definition) is 7. The van der Waals surface area contributed by atoms with Gasteiger partial charge in [0.15, 0.2) is 0 Å². The van der Waals surface area contributed by atoms with Crippen molar-refractivity contribution in [3.63, 3.8) is 0 Å². The molecule has 10 heteroatoms. The third-order valence-electron chi connectivity index (χ3n) is 7.79. The van der Waals surface area contributed by atoms with Crippen molar-refractivity contribution >= 4 is 29.0 Å². The standard InChI is InChI=1S/C34H41F2N3O5/c1-34(2,3)44-33(41)38-29(20-23-10-14-27(32(40)43-5)26-15-17-30(42-4)39-31(23)26)21-8-12-25(13-9-21)37-18-6-7-22-19-24(35)11-16-28(22)36/h6-7,10-11,14-17,19,21,25,29,37H,8-9,12-13,18,20H2,1-5H3,(H,38,41)/b7-6+/t21-,25-,29?. The number of hydrogen-bond donors (Lipinski definition) is 2. The Morgan fingerprint density at radius 1 is 1.05 bits per heavy atom. The van der Waals surface area contributed by atoms with Crippen LogP contribution < -0.4 is 15.4 Å². The molecule has 44 heavy (non-hydrogen) atoms. The zero-order chi connectivity index (χ0) is 31.9. The number of ether oxygens (including phenoxy) is 3. The Morgan fingerprint density at radius 2 is 1.80 bits per heavy atom. The smallest absolute Gasteiger partial charge is 0.407 e. The van der Waals surface area contributed by atoms with Gasteiger partial charge in [-0.2, -0.15) is 0 Å². The van der Waals surface area contributed by atoms with Gasteiger partial charge in [0, 0.05) is 35.6 Å². The first-order chi connectivity index (χ1) is 21.0. The maximum absolute atomic E-state index is 13.9. The van der Waals surface area contributed by atoms with Crippen LogP contribution in [0.15, 0.2) is 48.5 Å². The zero-order valence-electron chi connectivity index (χ0n) is 25.9. The minimum Gasteiger partial charge on any atom is -0.481 e. The van der Waals surface area contributed by atoms with Gasteiger partial charge in [-0.15, -0.1) is 0 Å². The van der Waals surface area contributed by atoms with Crippen molar-refractivity contribution in [3.05, 3.63) is 76.9 Å². The molecule has 1 aromatic heterocycles. The number of methoxy groups -OCH3 is 2. The van der Waals surface area contributed by atoms with Gasteiger partial charge in [0.05, 0.1) is 25.3 Å². The Morgan fingerprint density at radius 3 is 2.48 bits per heavy atom. The lowest BCUT2D eigenvalue weighted by Crippen LogP contribution is -2.46. The van der Waals surface area contributed by atoms with Crippen molar-refractivity contribution in [3.8, 4) is 5.88 Å². The van der Waals surface area contributed by atoms with Gasteiger partial charge in [0.1, 0.15) is 17.2 Å². The van der Waals surface area contributed by atoms with Crippen LogP contribution in [0, 0.1) is 17.6 Å². The molecule has 2 aromatic carbocycles. The number of fused-ring (bicyclic) bond motifs is 1. The number of esters is 1. The number of carbonyl (C=O) groups excluding carboxylic acids is 2. The van der Waals surface area contributed by atoms with Gasteiger partial charge in [0.2, 0.25) is 5.88 Å². The van der Waals surface area contributed by atoms with Crippen molar-refractivity contribution in [1.29, 1.82) is 0 Å². The van der Waals surface area contributed by atoms with Crippen LogP contribution in [0.4, 0.5) is 13.6 Å². The molecule has 0 spiro atoms. The predicted molar refractivity (Wildman–Crippen MR) is 166 cm³/mol. The summed E-state index contributed by atoms with van der Waals surface area (Å²) in [5.41, 5.74) is 1.44. The summed E-state index contributed by atoms with van der Waals surface area (Å²) < 4.78 is 43.3. The third kappa shape index (κ3) is 8.75.